The first-order chi connectivity index (χ1) is 22.1. The van der Waals surface area contributed by atoms with Crippen molar-refractivity contribution in [2.24, 2.45) is 4.99 Å². The zero-order valence-electron chi connectivity index (χ0n) is 25.9. The quantitative estimate of drug-likeness (QED) is 0.174. The monoisotopic (exact) mass is 644 g/mol. The van der Waals surface area contributed by atoms with Crippen LogP contribution >= 0.6 is 11.3 Å². The van der Waals surface area contributed by atoms with E-state index in [4.69, 9.17) is 18.6 Å². The van der Waals surface area contributed by atoms with Crippen molar-refractivity contribution in [3.05, 3.63) is 102 Å². The van der Waals surface area contributed by atoms with Crippen molar-refractivity contribution in [2.45, 2.75) is 33.7 Å². The molecule has 3 heterocycles. The summed E-state index contributed by atoms with van der Waals surface area (Å²) in [7, 11) is 1.26. The normalized spacial score (nSPS) is 14.4. The molecule has 2 aromatic carbocycles. The summed E-state index contributed by atoms with van der Waals surface area (Å²) in [5.41, 5.74) is 2.17. The number of thiazole rings is 1. The van der Waals surface area contributed by atoms with Gasteiger partial charge in [-0.1, -0.05) is 41.7 Å². The van der Waals surface area contributed by atoms with Crippen LogP contribution in [-0.2, 0) is 19.1 Å². The predicted octanol–water partition coefficient (Wildman–Crippen LogP) is 4.21. The largest absolute Gasteiger partial charge is 0.490 e. The van der Waals surface area contributed by atoms with Crippen molar-refractivity contribution < 1.29 is 37.7 Å². The number of Topliss-reactive ketones (excluding diaryl/α,β-unsaturated/α-hetero) is 1. The number of methoxy groups -OCH3 is 1. The highest BCUT2D eigenvalue weighted by atomic mass is 32.1. The van der Waals surface area contributed by atoms with Gasteiger partial charge in [-0.3, -0.25) is 14.2 Å². The molecule has 0 saturated heterocycles. The molecule has 1 aliphatic heterocycles. The summed E-state index contributed by atoms with van der Waals surface area (Å²) >= 11 is 1.16. The van der Waals surface area contributed by atoms with Gasteiger partial charge in [0, 0.05) is 17.2 Å². The number of rotatable bonds is 11. The highest BCUT2D eigenvalue weighted by molar-refractivity contribution is 7.07. The second kappa shape index (κ2) is 13.8. The molecule has 238 valence electrons. The van der Waals surface area contributed by atoms with Crippen LogP contribution < -0.4 is 24.4 Å². The fourth-order valence-electron chi connectivity index (χ4n) is 4.97. The number of carbonyl (C=O) groups is 3. The number of aromatic nitrogens is 1. The van der Waals surface area contributed by atoms with Gasteiger partial charge in [0.2, 0.25) is 0 Å². The summed E-state index contributed by atoms with van der Waals surface area (Å²) in [5.74, 6) is 0.452. The lowest BCUT2D eigenvalue weighted by Crippen LogP contribution is -2.40. The van der Waals surface area contributed by atoms with Gasteiger partial charge in [0.1, 0.15) is 11.5 Å². The number of nitrogens with zero attached hydrogens (tertiary/aromatic N) is 2. The van der Waals surface area contributed by atoms with E-state index in [1.807, 2.05) is 0 Å². The number of benzene rings is 2. The fraction of sp³-hybridized carbons (Fsp3) is 0.265. The minimum Gasteiger partial charge on any atom is -0.490 e. The highest BCUT2D eigenvalue weighted by Gasteiger charge is 2.34. The van der Waals surface area contributed by atoms with E-state index in [9.17, 15) is 19.2 Å². The summed E-state index contributed by atoms with van der Waals surface area (Å²) in [6, 6.07) is 14.7. The highest BCUT2D eigenvalue weighted by Crippen LogP contribution is 2.36. The van der Waals surface area contributed by atoms with Crippen LogP contribution in [0.5, 0.6) is 11.5 Å². The maximum atomic E-state index is 14.0. The average molecular weight is 645 g/mol. The van der Waals surface area contributed by atoms with E-state index in [0.717, 1.165) is 16.9 Å². The van der Waals surface area contributed by atoms with Crippen LogP contribution in [0.25, 0.3) is 17.4 Å². The molecule has 0 unspecified atom stereocenters. The molecule has 12 heteroatoms. The molecule has 1 aliphatic rings. The Morgan fingerprint density at radius 1 is 1.00 bits per heavy atom. The number of carbonyl (C=O) groups excluding carboxylic acids is 3. The van der Waals surface area contributed by atoms with Crippen molar-refractivity contribution in [3.63, 3.8) is 0 Å². The molecule has 0 aliphatic carbocycles. The molecule has 0 amide bonds. The molecule has 46 heavy (non-hydrogen) atoms. The molecule has 0 fully saturated rings. The van der Waals surface area contributed by atoms with Gasteiger partial charge < -0.3 is 23.4 Å². The van der Waals surface area contributed by atoms with E-state index in [2.05, 4.69) is 9.73 Å². The van der Waals surface area contributed by atoms with E-state index < -0.39 is 18.0 Å². The Morgan fingerprint density at radius 2 is 1.76 bits per heavy atom. The Labute approximate surface area is 268 Å². The third-order valence-electron chi connectivity index (χ3n) is 7.15. The Balaban J connectivity index is 1.59. The Kier molecular flexibility index (Phi) is 9.67. The van der Waals surface area contributed by atoms with Gasteiger partial charge in [-0.25, -0.2) is 14.6 Å². The van der Waals surface area contributed by atoms with Crippen LogP contribution in [0, 0.1) is 0 Å². The van der Waals surface area contributed by atoms with Gasteiger partial charge in [-0.05, 0) is 57.5 Å². The van der Waals surface area contributed by atoms with E-state index in [0.29, 0.717) is 55.8 Å². The first kappa shape index (κ1) is 32.2. The van der Waals surface area contributed by atoms with Crippen LogP contribution in [0.3, 0.4) is 0 Å². The zero-order valence-corrected chi connectivity index (χ0v) is 26.8. The van der Waals surface area contributed by atoms with Crippen molar-refractivity contribution in [2.75, 3.05) is 26.9 Å². The van der Waals surface area contributed by atoms with Gasteiger partial charge in [-0.15, -0.1) is 0 Å². The summed E-state index contributed by atoms with van der Waals surface area (Å²) in [6.07, 6.45) is 1.63. The molecule has 11 nitrogen and oxygen atoms in total. The first-order valence-electron chi connectivity index (χ1n) is 14.5. The third-order valence-corrected chi connectivity index (χ3v) is 8.13. The van der Waals surface area contributed by atoms with Crippen LogP contribution in [-0.4, -0.2) is 49.2 Å². The van der Waals surface area contributed by atoms with E-state index in [-0.39, 0.29) is 30.1 Å². The minimum absolute atomic E-state index is 0.0290. The number of fused-ring (bicyclic) bond motifs is 1. The number of furan rings is 1. The predicted molar refractivity (Wildman–Crippen MR) is 170 cm³/mol. The SMILES string of the molecule is CCOC(=O)C1=C(C)N=c2s/c(=C/c3ccc(-c4ccc(C(C)=O)cc4)o3)c(=O)n2[C@@H]1c1ccc(OCC(=O)OC)c(OCC)c1. The molecule has 0 spiro atoms. The maximum absolute atomic E-state index is 14.0. The van der Waals surface area contributed by atoms with Crippen molar-refractivity contribution >= 4 is 35.1 Å². The second-order valence-electron chi connectivity index (χ2n) is 10.1. The molecule has 1 atom stereocenters. The first-order valence-corrected chi connectivity index (χ1v) is 15.3. The number of hydrogen-bond acceptors (Lipinski definition) is 11. The standard InChI is InChI=1S/C34H32N2O9S/c1-6-42-27-16-23(12-14-26(27)44-18-29(38)41-5)31-30(33(40)43-7-2)19(3)35-34-36(31)32(39)28(46-34)17-24-13-15-25(45-24)22-10-8-21(9-11-22)20(4)37/h8-17,31H,6-7,18H2,1-5H3/b28-17+/t31-/m1/s1. The van der Waals surface area contributed by atoms with E-state index >= 15 is 0 Å². The molecule has 0 radical (unpaired) electrons. The molecule has 0 bridgehead atoms. The zero-order chi connectivity index (χ0) is 33.0. The Morgan fingerprint density at radius 3 is 2.43 bits per heavy atom. The molecule has 4 aromatic rings. The van der Waals surface area contributed by atoms with Gasteiger partial charge in [-0.2, -0.15) is 0 Å². The number of esters is 2. The lowest BCUT2D eigenvalue weighted by molar-refractivity contribution is -0.143. The van der Waals surface area contributed by atoms with Crippen molar-refractivity contribution in [3.8, 4) is 22.8 Å². The van der Waals surface area contributed by atoms with Gasteiger partial charge >= 0.3 is 11.9 Å². The lowest BCUT2D eigenvalue weighted by atomic mass is 9.95. The summed E-state index contributed by atoms with van der Waals surface area (Å²) < 4.78 is 29.3. The molecule has 0 N–H and O–H groups in total. The van der Waals surface area contributed by atoms with Gasteiger partial charge in [0.25, 0.3) is 5.56 Å². The van der Waals surface area contributed by atoms with Crippen molar-refractivity contribution in [1.29, 1.82) is 0 Å². The number of hydrogen-bond donors (Lipinski definition) is 0. The topological polar surface area (TPSA) is 136 Å². The Hall–Kier alpha value is -5.23. The molecule has 0 saturated carbocycles. The third kappa shape index (κ3) is 6.57. The maximum Gasteiger partial charge on any atom is 0.343 e. The van der Waals surface area contributed by atoms with Crippen LogP contribution in [0.2, 0.25) is 0 Å². The van der Waals surface area contributed by atoms with Crippen LogP contribution in [0.1, 0.15) is 55.4 Å². The average Bonchev–Trinajstić information content (AvgIpc) is 3.63. The summed E-state index contributed by atoms with van der Waals surface area (Å²) in [6.45, 7) is 6.82. The number of ketones is 1. The number of allylic oxidation sites excluding steroid dienone is 1. The molecular weight excluding hydrogens is 612 g/mol. The fourth-order valence-corrected chi connectivity index (χ4v) is 6.00. The summed E-state index contributed by atoms with van der Waals surface area (Å²) in [4.78, 5) is 55.7. The lowest BCUT2D eigenvalue weighted by Gasteiger charge is -2.25. The van der Waals surface area contributed by atoms with Gasteiger partial charge in [0.15, 0.2) is 28.7 Å². The van der Waals surface area contributed by atoms with Gasteiger partial charge in [0.05, 0.1) is 42.2 Å². The number of ether oxygens (including phenoxy) is 4. The molecule has 2 aromatic heterocycles. The molecule has 5 rings (SSSR count). The second-order valence-corrected chi connectivity index (χ2v) is 11.2. The minimum atomic E-state index is -0.890. The van der Waals surface area contributed by atoms with E-state index in [1.54, 1.807) is 81.4 Å². The Bertz CT molecular complexity index is 2020. The smallest absolute Gasteiger partial charge is 0.343 e. The van der Waals surface area contributed by atoms with Crippen LogP contribution in [0.4, 0.5) is 0 Å². The van der Waals surface area contributed by atoms with E-state index in [1.165, 1.54) is 18.6 Å². The summed E-state index contributed by atoms with van der Waals surface area (Å²) in [5, 5.41) is 0. The molecular formula is C34H32N2O9S. The van der Waals surface area contributed by atoms with Crippen molar-refractivity contribution in [1.82, 2.24) is 4.57 Å². The van der Waals surface area contributed by atoms with Crippen LogP contribution in [0.15, 0.2) is 80.1 Å².